The van der Waals surface area contributed by atoms with Crippen LogP contribution in [-0.4, -0.2) is 25.5 Å². The van der Waals surface area contributed by atoms with E-state index >= 15 is 0 Å². The first kappa shape index (κ1) is 50.3. The van der Waals surface area contributed by atoms with Gasteiger partial charge in [-0.2, -0.15) is 0 Å². The second kappa shape index (κ2) is 27.5. The van der Waals surface area contributed by atoms with Crippen molar-refractivity contribution < 1.29 is 28.5 Å². The summed E-state index contributed by atoms with van der Waals surface area (Å²) < 4.78 is 24.1. The summed E-state index contributed by atoms with van der Waals surface area (Å²) in [4.78, 5) is 27.2. The van der Waals surface area contributed by atoms with Gasteiger partial charge in [0.15, 0.2) is 0 Å². The fourth-order valence-electron chi connectivity index (χ4n) is 9.61. The Balaban J connectivity index is 1.50. The molecule has 0 saturated heterocycles. The highest BCUT2D eigenvalue weighted by molar-refractivity contribution is 6.27. The highest BCUT2D eigenvalue weighted by Gasteiger charge is 2.25. The summed E-state index contributed by atoms with van der Waals surface area (Å²) in [5, 5.41) is 7.39. The fraction of sp³-hybridized carbons (Fsp3) is 0.500. The SMILES string of the molecule is CCCCCCCCOC(=O)Oc1c2ccccc2c(-c2c3ccccc3c(OC(=O)OCCCCCCCC)c3ccc(CCCCCCC)cc23)c2cc(CCCCCCC)ccc12. The van der Waals surface area contributed by atoms with Crippen LogP contribution in [0.5, 0.6) is 11.5 Å². The number of aryl methyl sites for hydroxylation is 2. The minimum atomic E-state index is -0.674. The second-order valence-corrected chi connectivity index (χ2v) is 18.5. The van der Waals surface area contributed by atoms with Gasteiger partial charge in [-0.25, -0.2) is 9.59 Å². The molecule has 6 nitrogen and oxygen atoms in total. The predicted octanol–water partition coefficient (Wildman–Crippen LogP) is 18.7. The summed E-state index contributed by atoms with van der Waals surface area (Å²) in [5.41, 5.74) is 4.64. The molecule has 66 heavy (non-hydrogen) atoms. The van der Waals surface area contributed by atoms with Crippen molar-refractivity contribution in [2.45, 2.75) is 182 Å². The molecule has 0 aliphatic rings. The molecule has 0 atom stereocenters. The Bertz CT molecular complexity index is 2280. The molecule has 0 aliphatic carbocycles. The maximum absolute atomic E-state index is 13.6. The number of hydrogen-bond acceptors (Lipinski definition) is 6. The zero-order chi connectivity index (χ0) is 46.4. The highest BCUT2D eigenvalue weighted by Crippen LogP contribution is 2.50. The maximum atomic E-state index is 13.6. The number of fused-ring (bicyclic) bond motifs is 4. The van der Waals surface area contributed by atoms with Crippen LogP contribution in [-0.2, 0) is 22.3 Å². The molecular formula is C60H78O6. The topological polar surface area (TPSA) is 71.1 Å². The van der Waals surface area contributed by atoms with E-state index in [9.17, 15) is 9.59 Å². The number of rotatable bonds is 29. The largest absolute Gasteiger partial charge is 0.513 e. The standard InChI is InChI=1S/C60H78O6/c1-5-9-13-17-21-29-41-63-59(61)65-57-49-35-27-25-33-47(49)55(53-43-45(37-39-51(53)57)31-23-19-15-11-7-3)56-48-34-26-28-36-50(48)58(66-60(62)64-42-30-22-18-14-10-6-2)52-40-38-46(44-54(52)56)32-24-20-16-12-8-4/h25-28,33-40,43-44H,5-24,29-32,41-42H2,1-4H3. The van der Waals surface area contributed by atoms with Crippen molar-refractivity contribution in [3.63, 3.8) is 0 Å². The number of carbonyl (C=O) groups excluding carboxylic acids is 2. The summed E-state index contributed by atoms with van der Waals surface area (Å²) >= 11 is 0. The van der Waals surface area contributed by atoms with E-state index in [1.165, 1.54) is 101 Å². The Morgan fingerprint density at radius 2 is 0.667 bits per heavy atom. The van der Waals surface area contributed by atoms with E-state index < -0.39 is 12.3 Å². The fourth-order valence-corrected chi connectivity index (χ4v) is 9.61. The Morgan fingerprint density at radius 3 is 1.05 bits per heavy atom. The van der Waals surface area contributed by atoms with Crippen LogP contribution in [0.1, 0.15) is 180 Å². The van der Waals surface area contributed by atoms with E-state index in [0.29, 0.717) is 24.7 Å². The third-order valence-electron chi connectivity index (χ3n) is 13.3. The van der Waals surface area contributed by atoms with Gasteiger partial charge in [0.2, 0.25) is 0 Å². The van der Waals surface area contributed by atoms with Gasteiger partial charge < -0.3 is 18.9 Å². The van der Waals surface area contributed by atoms with Crippen LogP contribution in [0.4, 0.5) is 9.59 Å². The molecule has 354 valence electrons. The van der Waals surface area contributed by atoms with Crippen molar-refractivity contribution in [3.8, 4) is 22.6 Å². The van der Waals surface area contributed by atoms with Crippen LogP contribution in [0.25, 0.3) is 54.2 Å². The molecule has 6 heteroatoms. The number of ether oxygens (including phenoxy) is 4. The number of benzene rings is 6. The van der Waals surface area contributed by atoms with Crippen molar-refractivity contribution in [1.29, 1.82) is 0 Å². The average molecular weight is 895 g/mol. The molecule has 0 N–H and O–H groups in total. The van der Waals surface area contributed by atoms with Crippen LogP contribution in [0, 0.1) is 0 Å². The summed E-state index contributed by atoms with van der Waals surface area (Å²) in [6.07, 6.45) is 25.8. The highest BCUT2D eigenvalue weighted by atomic mass is 16.7. The molecule has 0 spiro atoms. The average Bonchev–Trinajstić information content (AvgIpc) is 3.33. The van der Waals surface area contributed by atoms with Crippen LogP contribution in [0.2, 0.25) is 0 Å². The Morgan fingerprint density at radius 1 is 0.348 bits per heavy atom. The molecule has 6 aromatic carbocycles. The van der Waals surface area contributed by atoms with Crippen molar-refractivity contribution in [1.82, 2.24) is 0 Å². The zero-order valence-electron chi connectivity index (χ0n) is 40.9. The Hall–Kier alpha value is -5.10. The predicted molar refractivity (Wildman–Crippen MR) is 278 cm³/mol. The minimum Gasteiger partial charge on any atom is -0.434 e. The molecule has 0 saturated carbocycles. The van der Waals surface area contributed by atoms with E-state index in [1.54, 1.807) is 0 Å². The first-order chi connectivity index (χ1) is 32.5. The van der Waals surface area contributed by atoms with E-state index in [1.807, 2.05) is 12.1 Å². The first-order valence-corrected chi connectivity index (χ1v) is 26.1. The summed E-state index contributed by atoms with van der Waals surface area (Å²) in [6.45, 7) is 9.61. The molecule has 0 fully saturated rings. The van der Waals surface area contributed by atoms with Crippen LogP contribution in [0.15, 0.2) is 84.9 Å². The first-order valence-electron chi connectivity index (χ1n) is 26.1. The number of unbranched alkanes of at least 4 members (excludes halogenated alkanes) is 18. The van der Waals surface area contributed by atoms with Gasteiger partial charge in [-0.05, 0) is 82.3 Å². The van der Waals surface area contributed by atoms with Gasteiger partial charge in [-0.1, -0.05) is 228 Å². The quantitative estimate of drug-likeness (QED) is 0.0202. The number of carbonyl (C=O) groups is 2. The van der Waals surface area contributed by atoms with Gasteiger partial charge in [0.1, 0.15) is 11.5 Å². The smallest absolute Gasteiger partial charge is 0.434 e. The van der Waals surface area contributed by atoms with E-state index in [4.69, 9.17) is 18.9 Å². The molecule has 0 radical (unpaired) electrons. The van der Waals surface area contributed by atoms with E-state index in [2.05, 4.69) is 100 Å². The van der Waals surface area contributed by atoms with Crippen LogP contribution < -0.4 is 9.47 Å². The zero-order valence-corrected chi connectivity index (χ0v) is 40.9. The monoisotopic (exact) mass is 895 g/mol. The van der Waals surface area contributed by atoms with Crippen LogP contribution in [0.3, 0.4) is 0 Å². The summed E-state index contributed by atoms with van der Waals surface area (Å²) in [6, 6.07) is 29.9. The van der Waals surface area contributed by atoms with Gasteiger partial charge in [0.25, 0.3) is 0 Å². The lowest BCUT2D eigenvalue weighted by atomic mass is 9.84. The van der Waals surface area contributed by atoms with Gasteiger partial charge in [0.05, 0.1) is 13.2 Å². The van der Waals surface area contributed by atoms with Gasteiger partial charge in [0, 0.05) is 21.5 Å². The molecule has 0 unspecified atom stereocenters. The molecular weight excluding hydrogens is 817 g/mol. The Labute approximate surface area is 396 Å². The lowest BCUT2D eigenvalue weighted by Crippen LogP contribution is -2.12. The van der Waals surface area contributed by atoms with E-state index in [-0.39, 0.29) is 0 Å². The molecule has 0 bridgehead atoms. The molecule has 0 heterocycles. The lowest BCUT2D eigenvalue weighted by Gasteiger charge is -2.22. The lowest BCUT2D eigenvalue weighted by molar-refractivity contribution is 0.0972. The molecule has 0 aromatic heterocycles. The van der Waals surface area contributed by atoms with E-state index in [0.717, 1.165) is 118 Å². The minimum absolute atomic E-state index is 0.334. The maximum Gasteiger partial charge on any atom is 0.513 e. The van der Waals surface area contributed by atoms with Crippen molar-refractivity contribution in [3.05, 3.63) is 96.1 Å². The molecule has 6 aromatic rings. The third-order valence-corrected chi connectivity index (χ3v) is 13.3. The van der Waals surface area contributed by atoms with Crippen molar-refractivity contribution in [2.24, 2.45) is 0 Å². The third kappa shape index (κ3) is 14.0. The normalized spacial score (nSPS) is 11.5. The van der Waals surface area contributed by atoms with Crippen LogP contribution >= 0.6 is 0 Å². The van der Waals surface area contributed by atoms with Gasteiger partial charge in [-0.3, -0.25) is 0 Å². The molecule has 0 aliphatic heterocycles. The number of hydrogen-bond donors (Lipinski definition) is 0. The molecule has 0 amide bonds. The Kier molecular flexibility index (Phi) is 21.0. The van der Waals surface area contributed by atoms with Gasteiger partial charge >= 0.3 is 12.3 Å². The van der Waals surface area contributed by atoms with Crippen molar-refractivity contribution in [2.75, 3.05) is 13.2 Å². The van der Waals surface area contributed by atoms with Crippen molar-refractivity contribution >= 4 is 55.4 Å². The summed E-state index contributed by atoms with van der Waals surface area (Å²) in [5.74, 6) is 1.03. The summed E-state index contributed by atoms with van der Waals surface area (Å²) in [7, 11) is 0. The second-order valence-electron chi connectivity index (χ2n) is 18.5. The van der Waals surface area contributed by atoms with Gasteiger partial charge in [-0.15, -0.1) is 0 Å². The molecule has 6 rings (SSSR count).